The summed E-state index contributed by atoms with van der Waals surface area (Å²) in [7, 11) is 4.97. The van der Waals surface area contributed by atoms with Crippen LogP contribution in [-0.4, -0.2) is 37.0 Å². The number of para-hydroxylation sites is 1. The second kappa shape index (κ2) is 9.14. The molecule has 0 aliphatic heterocycles. The first kappa shape index (κ1) is 20.3. The lowest BCUT2D eigenvalue weighted by Gasteiger charge is -2.14. The molecule has 0 unspecified atom stereocenters. The van der Waals surface area contributed by atoms with Crippen molar-refractivity contribution in [3.05, 3.63) is 65.5 Å². The van der Waals surface area contributed by atoms with Gasteiger partial charge in [0.2, 0.25) is 0 Å². The number of aromatic nitrogens is 2. The van der Waals surface area contributed by atoms with Gasteiger partial charge in [-0.3, -0.25) is 4.99 Å². The lowest BCUT2D eigenvalue weighted by molar-refractivity contribution is 0.355. The van der Waals surface area contributed by atoms with Crippen molar-refractivity contribution in [2.45, 2.75) is 20.4 Å². The first-order valence-corrected chi connectivity index (χ1v) is 9.37. The highest BCUT2D eigenvalue weighted by Crippen LogP contribution is 2.29. The quantitative estimate of drug-likeness (QED) is 0.494. The molecule has 0 saturated heterocycles. The van der Waals surface area contributed by atoms with E-state index in [1.807, 2.05) is 60.1 Å². The third-order valence-corrected chi connectivity index (χ3v) is 4.74. The summed E-state index contributed by atoms with van der Waals surface area (Å²) in [5, 5.41) is 11.3. The Hall–Kier alpha value is -3.48. The molecule has 0 aliphatic carbocycles. The maximum Gasteiger partial charge on any atom is 0.195 e. The normalized spacial score (nSPS) is 11.3. The number of hydrogen-bond donors (Lipinski definition) is 2. The van der Waals surface area contributed by atoms with Crippen LogP contribution in [0.1, 0.15) is 17.0 Å². The Morgan fingerprint density at radius 3 is 2.41 bits per heavy atom. The van der Waals surface area contributed by atoms with Crippen LogP contribution in [0.4, 0.5) is 5.69 Å². The van der Waals surface area contributed by atoms with Gasteiger partial charge in [0.25, 0.3) is 0 Å². The molecule has 0 aliphatic rings. The first-order valence-electron chi connectivity index (χ1n) is 9.37. The van der Waals surface area contributed by atoms with Gasteiger partial charge in [-0.15, -0.1) is 0 Å². The predicted octanol–water partition coefficient (Wildman–Crippen LogP) is 3.69. The number of guanidine groups is 1. The number of ether oxygens (including phenoxy) is 2. The summed E-state index contributed by atoms with van der Waals surface area (Å²) in [6, 6.07) is 15.8. The van der Waals surface area contributed by atoms with Gasteiger partial charge in [0.05, 0.1) is 25.6 Å². The molecule has 0 fully saturated rings. The van der Waals surface area contributed by atoms with Crippen molar-refractivity contribution in [2.75, 3.05) is 26.6 Å². The van der Waals surface area contributed by atoms with E-state index in [4.69, 9.17) is 14.6 Å². The third kappa shape index (κ3) is 4.51. The minimum absolute atomic E-state index is 0.609. The van der Waals surface area contributed by atoms with Gasteiger partial charge in [0.1, 0.15) is 0 Å². The number of nitrogens with one attached hydrogen (secondary N) is 2. The highest BCUT2D eigenvalue weighted by Gasteiger charge is 2.13. The van der Waals surface area contributed by atoms with Gasteiger partial charge in [-0.2, -0.15) is 5.10 Å². The van der Waals surface area contributed by atoms with Crippen molar-refractivity contribution in [3.63, 3.8) is 0 Å². The first-order chi connectivity index (χ1) is 14.1. The van der Waals surface area contributed by atoms with Crippen molar-refractivity contribution in [1.82, 2.24) is 15.1 Å². The Bertz CT molecular complexity index is 996. The summed E-state index contributed by atoms with van der Waals surface area (Å²) < 4.78 is 12.6. The van der Waals surface area contributed by atoms with E-state index in [0.29, 0.717) is 24.0 Å². The molecule has 1 heterocycles. The van der Waals surface area contributed by atoms with Gasteiger partial charge in [0.15, 0.2) is 17.5 Å². The monoisotopic (exact) mass is 393 g/mol. The predicted molar refractivity (Wildman–Crippen MR) is 116 cm³/mol. The Balaban J connectivity index is 1.73. The van der Waals surface area contributed by atoms with Crippen LogP contribution in [0.25, 0.3) is 5.69 Å². The lowest BCUT2D eigenvalue weighted by atomic mass is 10.2. The second-order valence-electron chi connectivity index (χ2n) is 6.52. The summed E-state index contributed by atoms with van der Waals surface area (Å²) in [6.45, 7) is 4.71. The van der Waals surface area contributed by atoms with Crippen LogP contribution in [0.3, 0.4) is 0 Å². The highest BCUT2D eigenvalue weighted by molar-refractivity contribution is 5.93. The van der Waals surface area contributed by atoms with E-state index in [1.165, 1.54) is 0 Å². The largest absolute Gasteiger partial charge is 0.493 e. The molecule has 3 rings (SSSR count). The number of hydrogen-bond acceptors (Lipinski definition) is 4. The smallest absolute Gasteiger partial charge is 0.195 e. The third-order valence-electron chi connectivity index (χ3n) is 4.74. The molecule has 0 amide bonds. The molecule has 29 heavy (non-hydrogen) atoms. The molecule has 0 radical (unpaired) electrons. The molecule has 3 aromatic rings. The molecule has 0 bridgehead atoms. The zero-order valence-corrected chi connectivity index (χ0v) is 17.5. The number of benzene rings is 2. The molecular formula is C22H27N5O2. The molecule has 152 valence electrons. The van der Waals surface area contributed by atoms with Crippen LogP contribution in [-0.2, 0) is 6.54 Å². The van der Waals surface area contributed by atoms with E-state index in [1.54, 1.807) is 21.3 Å². The Morgan fingerprint density at radius 2 is 1.76 bits per heavy atom. The van der Waals surface area contributed by atoms with Crippen LogP contribution in [0.5, 0.6) is 11.5 Å². The Morgan fingerprint density at radius 1 is 1.03 bits per heavy atom. The average Bonchev–Trinajstić information content (AvgIpc) is 3.05. The van der Waals surface area contributed by atoms with Crippen LogP contribution in [0.15, 0.2) is 53.5 Å². The Kier molecular flexibility index (Phi) is 6.39. The van der Waals surface area contributed by atoms with Crippen LogP contribution in [0, 0.1) is 13.8 Å². The molecular weight excluding hydrogens is 366 g/mol. The lowest BCUT2D eigenvalue weighted by Crippen LogP contribution is -2.30. The van der Waals surface area contributed by atoms with Gasteiger partial charge in [-0.1, -0.05) is 18.2 Å². The number of rotatable bonds is 6. The molecule has 1 aromatic heterocycles. The van der Waals surface area contributed by atoms with Gasteiger partial charge in [-0.25, -0.2) is 4.68 Å². The molecule has 0 saturated carbocycles. The minimum atomic E-state index is 0.609. The zero-order chi connectivity index (χ0) is 20.8. The van der Waals surface area contributed by atoms with Crippen molar-refractivity contribution < 1.29 is 9.47 Å². The van der Waals surface area contributed by atoms with E-state index in [0.717, 1.165) is 28.3 Å². The number of methoxy groups -OCH3 is 2. The van der Waals surface area contributed by atoms with Crippen molar-refractivity contribution >= 4 is 11.6 Å². The molecule has 7 heteroatoms. The van der Waals surface area contributed by atoms with Crippen LogP contribution in [0.2, 0.25) is 0 Å². The number of aliphatic imine (C=N–C) groups is 1. The fraction of sp³-hybridized carbons (Fsp3) is 0.273. The maximum absolute atomic E-state index is 5.36. The van der Waals surface area contributed by atoms with Crippen molar-refractivity contribution in [2.24, 2.45) is 4.99 Å². The van der Waals surface area contributed by atoms with Crippen molar-refractivity contribution in [3.8, 4) is 17.2 Å². The van der Waals surface area contributed by atoms with Crippen molar-refractivity contribution in [1.29, 1.82) is 0 Å². The van der Waals surface area contributed by atoms with E-state index in [-0.39, 0.29) is 0 Å². The molecule has 2 N–H and O–H groups in total. The number of aryl methyl sites for hydroxylation is 1. The minimum Gasteiger partial charge on any atom is -0.493 e. The highest BCUT2D eigenvalue weighted by atomic mass is 16.5. The SMILES string of the molecule is CN=C(NCc1c(C)nn(-c2ccccc2)c1C)Nc1ccc(OC)c(OC)c1. The van der Waals surface area contributed by atoms with E-state index in [9.17, 15) is 0 Å². The molecule has 7 nitrogen and oxygen atoms in total. The zero-order valence-electron chi connectivity index (χ0n) is 17.5. The van der Waals surface area contributed by atoms with Crippen LogP contribution >= 0.6 is 0 Å². The molecule has 0 atom stereocenters. The standard InChI is InChI=1S/C22H27N5O2/c1-15-19(16(2)27(26-15)18-9-7-6-8-10-18)14-24-22(23-3)25-17-11-12-20(28-4)21(13-17)29-5/h6-13H,14H2,1-5H3,(H2,23,24,25). The summed E-state index contributed by atoms with van der Waals surface area (Å²) in [5.74, 6) is 1.99. The fourth-order valence-electron chi connectivity index (χ4n) is 3.15. The van der Waals surface area contributed by atoms with E-state index < -0.39 is 0 Å². The average molecular weight is 393 g/mol. The fourth-order valence-corrected chi connectivity index (χ4v) is 3.15. The molecule has 0 spiro atoms. The summed E-state index contributed by atoms with van der Waals surface area (Å²) in [4.78, 5) is 4.32. The number of nitrogens with zero attached hydrogens (tertiary/aromatic N) is 3. The van der Waals surface area contributed by atoms with Gasteiger partial charge < -0.3 is 20.1 Å². The molecule has 2 aromatic carbocycles. The van der Waals surface area contributed by atoms with Crippen LogP contribution < -0.4 is 20.1 Å². The second-order valence-corrected chi connectivity index (χ2v) is 6.52. The number of anilines is 1. The van der Waals surface area contributed by atoms with Gasteiger partial charge in [-0.05, 0) is 38.1 Å². The summed E-state index contributed by atoms with van der Waals surface area (Å²) in [5.41, 5.74) is 5.13. The van der Waals surface area contributed by atoms with Gasteiger partial charge >= 0.3 is 0 Å². The van der Waals surface area contributed by atoms with Gasteiger partial charge in [0, 0.05) is 36.6 Å². The van der Waals surface area contributed by atoms with E-state index in [2.05, 4.69) is 22.5 Å². The Labute approximate surface area is 171 Å². The summed E-state index contributed by atoms with van der Waals surface area (Å²) in [6.07, 6.45) is 0. The maximum atomic E-state index is 5.36. The summed E-state index contributed by atoms with van der Waals surface area (Å²) >= 11 is 0. The topological polar surface area (TPSA) is 72.7 Å². The van der Waals surface area contributed by atoms with E-state index >= 15 is 0 Å².